The Morgan fingerprint density at radius 1 is 1.03 bits per heavy atom. The number of rotatable bonds is 3. The summed E-state index contributed by atoms with van der Waals surface area (Å²) in [5.41, 5.74) is 4.07. The number of phenols is 1. The van der Waals surface area contributed by atoms with Gasteiger partial charge in [-0.3, -0.25) is 0 Å². The Morgan fingerprint density at radius 3 is 2.43 bits per heavy atom. The summed E-state index contributed by atoms with van der Waals surface area (Å²) in [4.78, 5) is 22.2. The van der Waals surface area contributed by atoms with Gasteiger partial charge in [0.2, 0.25) is 0 Å². The van der Waals surface area contributed by atoms with Crippen LogP contribution in [-0.2, 0) is 7.05 Å². The molecule has 1 aliphatic rings. The fourth-order valence-electron chi connectivity index (χ4n) is 3.95. The van der Waals surface area contributed by atoms with Crippen molar-refractivity contribution in [3.05, 3.63) is 89.2 Å². The van der Waals surface area contributed by atoms with Gasteiger partial charge in [0, 0.05) is 23.5 Å². The van der Waals surface area contributed by atoms with E-state index in [1.807, 2.05) is 54.1 Å². The van der Waals surface area contributed by atoms with E-state index in [1.54, 1.807) is 36.3 Å². The van der Waals surface area contributed by atoms with Gasteiger partial charge in [0.15, 0.2) is 5.69 Å². The van der Waals surface area contributed by atoms with Crippen LogP contribution in [0.3, 0.4) is 0 Å². The minimum Gasteiger partial charge on any atom is -0.508 e. The van der Waals surface area contributed by atoms with Crippen molar-refractivity contribution < 1.29 is 9.67 Å². The monoisotopic (exact) mass is 415 g/mol. The highest BCUT2D eigenvalue weighted by Gasteiger charge is 2.39. The molecule has 148 valence electrons. The van der Waals surface area contributed by atoms with Gasteiger partial charge in [0.25, 0.3) is 0 Å². The van der Waals surface area contributed by atoms with Crippen molar-refractivity contribution in [2.75, 3.05) is 5.75 Å². The quantitative estimate of drug-likeness (QED) is 0.411. The van der Waals surface area contributed by atoms with Crippen LogP contribution < -0.4 is 10.1 Å². The Morgan fingerprint density at radius 2 is 1.73 bits per heavy atom. The molecule has 0 unspecified atom stereocenters. The zero-order chi connectivity index (χ0) is 20.7. The van der Waals surface area contributed by atoms with E-state index in [0.717, 1.165) is 33.3 Å². The summed E-state index contributed by atoms with van der Waals surface area (Å²) in [6, 6.07) is 16.6. The third-order valence-electron chi connectivity index (χ3n) is 5.35. The van der Waals surface area contributed by atoms with Crippen LogP contribution in [0.25, 0.3) is 22.4 Å². The lowest BCUT2D eigenvalue weighted by Crippen LogP contribution is -2.43. The largest absolute Gasteiger partial charge is 0.508 e. The SMILES string of the molecule is C[n+]1c(-c2ccc(O)cc2)c(-c2ccccc2)c(=O)n2c1SC[C@@H]2c1cncnc1. The average molecular weight is 415 g/mol. The lowest BCUT2D eigenvalue weighted by atomic mass is 9.99. The van der Waals surface area contributed by atoms with E-state index in [0.29, 0.717) is 5.56 Å². The summed E-state index contributed by atoms with van der Waals surface area (Å²) >= 11 is 1.65. The Kier molecular flexibility index (Phi) is 4.59. The molecule has 1 N–H and O–H groups in total. The third kappa shape index (κ3) is 2.98. The average Bonchev–Trinajstić information content (AvgIpc) is 3.24. The second kappa shape index (κ2) is 7.42. The zero-order valence-electron chi connectivity index (χ0n) is 16.3. The molecule has 4 aromatic rings. The zero-order valence-corrected chi connectivity index (χ0v) is 17.1. The maximum Gasteiger partial charge on any atom is 0.347 e. The van der Waals surface area contributed by atoms with Crippen molar-refractivity contribution in [2.24, 2.45) is 7.05 Å². The fourth-order valence-corrected chi connectivity index (χ4v) is 5.24. The smallest absolute Gasteiger partial charge is 0.347 e. The number of benzene rings is 2. The van der Waals surface area contributed by atoms with Crippen LogP contribution in [0.1, 0.15) is 11.6 Å². The molecule has 0 bridgehead atoms. The molecule has 6 nitrogen and oxygen atoms in total. The maximum absolute atomic E-state index is 13.9. The molecule has 0 aliphatic carbocycles. The Hall–Kier alpha value is -3.45. The van der Waals surface area contributed by atoms with Gasteiger partial charge in [-0.25, -0.2) is 19.3 Å². The molecule has 0 radical (unpaired) electrons. The first-order valence-corrected chi connectivity index (χ1v) is 10.5. The van der Waals surface area contributed by atoms with Crippen molar-refractivity contribution in [3.63, 3.8) is 0 Å². The molecule has 2 aromatic carbocycles. The fraction of sp³-hybridized carbons (Fsp3) is 0.130. The molecule has 7 heteroatoms. The van der Waals surface area contributed by atoms with Gasteiger partial charge in [-0.05, 0) is 41.6 Å². The lowest BCUT2D eigenvalue weighted by Gasteiger charge is -2.15. The summed E-state index contributed by atoms with van der Waals surface area (Å²) in [6.45, 7) is 0. The van der Waals surface area contributed by atoms with E-state index in [2.05, 4.69) is 14.5 Å². The maximum atomic E-state index is 13.9. The second-order valence-electron chi connectivity index (χ2n) is 7.15. The standard InChI is InChI=1S/C23H18N4O2S/c1-26-21(16-7-9-18(28)10-8-16)20(15-5-3-2-4-6-15)22(29)27-19(13-30-23(26)27)17-11-24-14-25-12-17/h2-12,14,19H,13H2,1H3/p+1/t19-/m1/s1. The van der Waals surface area contributed by atoms with Crippen molar-refractivity contribution in [3.8, 4) is 28.1 Å². The van der Waals surface area contributed by atoms with Crippen molar-refractivity contribution in [2.45, 2.75) is 11.2 Å². The number of thioether (sulfide) groups is 1. The number of aromatic hydroxyl groups is 1. The summed E-state index contributed by atoms with van der Waals surface area (Å²) in [5.74, 6) is 0.933. The van der Waals surface area contributed by atoms with Crippen LogP contribution in [0.5, 0.6) is 5.75 Å². The topological polar surface area (TPSA) is 71.9 Å². The van der Waals surface area contributed by atoms with Crippen molar-refractivity contribution >= 4 is 11.8 Å². The van der Waals surface area contributed by atoms with E-state index in [9.17, 15) is 9.90 Å². The van der Waals surface area contributed by atoms with E-state index in [-0.39, 0.29) is 17.4 Å². The summed E-state index contributed by atoms with van der Waals surface area (Å²) in [6.07, 6.45) is 5.05. The van der Waals surface area contributed by atoms with E-state index < -0.39 is 0 Å². The van der Waals surface area contributed by atoms with Crippen LogP contribution in [0, 0.1) is 0 Å². The summed E-state index contributed by atoms with van der Waals surface area (Å²) in [7, 11) is 1.98. The van der Waals surface area contributed by atoms with Gasteiger partial charge >= 0.3 is 10.7 Å². The highest BCUT2D eigenvalue weighted by Crippen LogP contribution is 2.37. The van der Waals surface area contributed by atoms with Crippen LogP contribution >= 0.6 is 11.8 Å². The predicted molar refractivity (Wildman–Crippen MR) is 115 cm³/mol. The molecule has 2 aromatic heterocycles. The normalized spacial score (nSPS) is 15.2. The minimum absolute atomic E-state index is 0.0452. The van der Waals surface area contributed by atoms with E-state index >= 15 is 0 Å². The first kappa shape index (κ1) is 18.6. The molecule has 0 saturated heterocycles. The lowest BCUT2D eigenvalue weighted by molar-refractivity contribution is -0.704. The van der Waals surface area contributed by atoms with Crippen molar-refractivity contribution in [1.29, 1.82) is 0 Å². The molecular formula is C23H19N4O2S+. The van der Waals surface area contributed by atoms with Gasteiger partial charge in [0.1, 0.15) is 23.7 Å². The Bertz CT molecular complexity index is 1270. The van der Waals surface area contributed by atoms with Gasteiger partial charge in [0.05, 0.1) is 12.8 Å². The first-order chi connectivity index (χ1) is 14.6. The van der Waals surface area contributed by atoms with Crippen LogP contribution in [0.15, 0.2) is 83.3 Å². The number of nitrogens with zero attached hydrogens (tertiary/aromatic N) is 4. The molecule has 0 saturated carbocycles. The molecule has 1 aliphatic heterocycles. The van der Waals surface area contributed by atoms with Gasteiger partial charge in [-0.1, -0.05) is 30.3 Å². The number of hydrogen-bond acceptors (Lipinski definition) is 5. The Balaban J connectivity index is 1.83. The third-order valence-corrected chi connectivity index (χ3v) is 6.56. The summed E-state index contributed by atoms with van der Waals surface area (Å²) in [5, 5.41) is 10.6. The number of phenolic OH excluding ortho intramolecular Hbond substituents is 1. The van der Waals surface area contributed by atoms with Gasteiger partial charge in [-0.15, -0.1) is 0 Å². The predicted octanol–water partition coefficient (Wildman–Crippen LogP) is 3.20. The van der Waals surface area contributed by atoms with Crippen molar-refractivity contribution in [1.82, 2.24) is 14.5 Å². The van der Waals surface area contributed by atoms with Crippen LogP contribution in [0.4, 0.5) is 0 Å². The molecular weight excluding hydrogens is 396 g/mol. The molecule has 1 atom stereocenters. The molecule has 0 fully saturated rings. The molecule has 5 rings (SSSR count). The molecule has 3 heterocycles. The Labute approximate surface area is 177 Å². The van der Waals surface area contributed by atoms with Gasteiger partial charge in [-0.2, -0.15) is 4.57 Å². The number of hydrogen-bond donors (Lipinski definition) is 1. The van der Waals surface area contributed by atoms with Crippen LogP contribution in [0.2, 0.25) is 0 Å². The van der Waals surface area contributed by atoms with Crippen LogP contribution in [-0.4, -0.2) is 25.4 Å². The van der Waals surface area contributed by atoms with E-state index in [1.165, 1.54) is 6.33 Å². The highest BCUT2D eigenvalue weighted by atomic mass is 32.2. The molecule has 0 amide bonds. The van der Waals surface area contributed by atoms with E-state index in [4.69, 9.17) is 0 Å². The second-order valence-corrected chi connectivity index (χ2v) is 8.14. The highest BCUT2D eigenvalue weighted by molar-refractivity contribution is 7.99. The minimum atomic E-state index is -0.124. The summed E-state index contributed by atoms with van der Waals surface area (Å²) < 4.78 is 3.93. The molecule has 0 spiro atoms. The van der Waals surface area contributed by atoms with Gasteiger partial charge < -0.3 is 5.11 Å². The molecule has 30 heavy (non-hydrogen) atoms. The first-order valence-electron chi connectivity index (χ1n) is 9.56. The number of aromatic nitrogens is 4. The number of fused-ring (bicyclic) bond motifs is 1.